The molecule has 0 saturated carbocycles. The number of halogens is 2. The van der Waals surface area contributed by atoms with Gasteiger partial charge in [-0.15, -0.1) is 0 Å². The predicted octanol–water partition coefficient (Wildman–Crippen LogP) is 3.35. The maximum absolute atomic E-state index is 13.9. The minimum absolute atomic E-state index is 0.103. The largest absolute Gasteiger partial charge is 0.493 e. The highest BCUT2D eigenvalue weighted by Crippen LogP contribution is 2.40. The van der Waals surface area contributed by atoms with Gasteiger partial charge in [0, 0.05) is 11.1 Å². The number of ether oxygens (including phenoxy) is 2. The highest BCUT2D eigenvalue weighted by atomic mass is 19.1. The fourth-order valence-corrected chi connectivity index (χ4v) is 1.99. The fraction of sp³-hybridized carbons (Fsp3) is 0.133. The number of carbonyl (C=O) groups is 1. The molecule has 0 atom stereocenters. The maximum Gasteiger partial charge on any atom is 0.335 e. The van der Waals surface area contributed by atoms with Crippen LogP contribution in [-0.2, 0) is 0 Å². The van der Waals surface area contributed by atoms with Crippen LogP contribution in [0.1, 0.15) is 10.4 Å². The predicted molar refractivity (Wildman–Crippen MR) is 71.9 cm³/mol. The van der Waals surface area contributed by atoms with Gasteiger partial charge in [0.05, 0.1) is 19.8 Å². The lowest BCUT2D eigenvalue weighted by molar-refractivity contribution is 0.0696. The van der Waals surface area contributed by atoms with Crippen LogP contribution in [0.4, 0.5) is 8.78 Å². The highest BCUT2D eigenvalue weighted by molar-refractivity contribution is 5.92. The normalized spacial score (nSPS) is 10.3. The van der Waals surface area contributed by atoms with Crippen molar-refractivity contribution >= 4 is 5.97 Å². The second-order valence-corrected chi connectivity index (χ2v) is 4.19. The van der Waals surface area contributed by atoms with Crippen molar-refractivity contribution in [3.05, 3.63) is 47.5 Å². The summed E-state index contributed by atoms with van der Waals surface area (Å²) in [7, 11) is 2.66. The molecule has 0 amide bonds. The van der Waals surface area contributed by atoms with Gasteiger partial charge < -0.3 is 14.6 Å². The molecule has 0 bridgehead atoms. The van der Waals surface area contributed by atoms with E-state index in [0.29, 0.717) is 0 Å². The van der Waals surface area contributed by atoms with E-state index in [1.165, 1.54) is 26.4 Å². The molecule has 21 heavy (non-hydrogen) atoms. The Balaban J connectivity index is 2.79. The van der Waals surface area contributed by atoms with Crippen molar-refractivity contribution in [3.63, 3.8) is 0 Å². The third kappa shape index (κ3) is 2.79. The van der Waals surface area contributed by atoms with Crippen molar-refractivity contribution in [1.82, 2.24) is 0 Å². The van der Waals surface area contributed by atoms with E-state index in [1.54, 1.807) is 0 Å². The van der Waals surface area contributed by atoms with Crippen LogP contribution in [0, 0.1) is 11.6 Å². The number of benzene rings is 2. The molecule has 2 aromatic rings. The first-order chi connectivity index (χ1) is 9.97. The number of carboxylic acids is 1. The summed E-state index contributed by atoms with van der Waals surface area (Å²) in [5.74, 6) is -2.30. The van der Waals surface area contributed by atoms with Gasteiger partial charge in [-0.3, -0.25) is 0 Å². The maximum atomic E-state index is 13.9. The monoisotopic (exact) mass is 294 g/mol. The molecule has 2 aromatic carbocycles. The molecule has 0 saturated heterocycles. The van der Waals surface area contributed by atoms with Gasteiger partial charge in [-0.05, 0) is 30.3 Å². The van der Waals surface area contributed by atoms with Crippen molar-refractivity contribution < 1.29 is 28.2 Å². The van der Waals surface area contributed by atoms with Gasteiger partial charge in [-0.1, -0.05) is 0 Å². The van der Waals surface area contributed by atoms with Crippen molar-refractivity contribution in [2.24, 2.45) is 0 Å². The van der Waals surface area contributed by atoms with E-state index in [9.17, 15) is 13.6 Å². The Morgan fingerprint density at radius 1 is 1.05 bits per heavy atom. The molecule has 0 aliphatic rings. The molecule has 0 heterocycles. The first kappa shape index (κ1) is 14.8. The number of carboxylic acid groups (broad SMARTS) is 1. The molecule has 6 heteroatoms. The lowest BCUT2D eigenvalue weighted by Crippen LogP contribution is -2.01. The summed E-state index contributed by atoms with van der Waals surface area (Å²) < 4.78 is 37.5. The molecule has 0 unspecified atom stereocenters. The second kappa shape index (κ2) is 5.78. The smallest absolute Gasteiger partial charge is 0.335 e. The van der Waals surface area contributed by atoms with Gasteiger partial charge in [-0.2, -0.15) is 0 Å². The average Bonchev–Trinajstić information content (AvgIpc) is 2.48. The third-order valence-corrected chi connectivity index (χ3v) is 2.94. The van der Waals surface area contributed by atoms with E-state index in [2.05, 4.69) is 0 Å². The zero-order valence-corrected chi connectivity index (χ0v) is 11.3. The zero-order chi connectivity index (χ0) is 15.6. The second-order valence-electron chi connectivity index (χ2n) is 4.19. The summed E-state index contributed by atoms with van der Waals surface area (Å²) in [5, 5.41) is 9.10. The lowest BCUT2D eigenvalue weighted by Gasteiger charge is -2.14. The van der Waals surface area contributed by atoms with E-state index >= 15 is 0 Å². The van der Waals surface area contributed by atoms with Crippen molar-refractivity contribution in [3.8, 4) is 22.6 Å². The van der Waals surface area contributed by atoms with Crippen molar-refractivity contribution in [1.29, 1.82) is 0 Å². The molecule has 0 spiro atoms. The molecule has 2 rings (SSSR count). The molecule has 0 aliphatic carbocycles. The first-order valence-electron chi connectivity index (χ1n) is 5.92. The Morgan fingerprint density at radius 3 is 2.33 bits per heavy atom. The van der Waals surface area contributed by atoms with Crippen LogP contribution < -0.4 is 9.47 Å². The van der Waals surface area contributed by atoms with Gasteiger partial charge in [0.25, 0.3) is 0 Å². The Hall–Kier alpha value is -2.63. The minimum atomic E-state index is -1.21. The van der Waals surface area contributed by atoms with Gasteiger partial charge in [0.1, 0.15) is 11.6 Å². The van der Waals surface area contributed by atoms with Gasteiger partial charge >= 0.3 is 5.97 Å². The standard InChI is InChI=1S/C15H12F2O4/c1-20-13-6-8(15(18)19)5-11(14(13)21-2)10-7-9(16)3-4-12(10)17/h3-7H,1-2H3,(H,18,19). The molecule has 0 aliphatic heterocycles. The van der Waals surface area contributed by atoms with Gasteiger partial charge in [0.15, 0.2) is 11.5 Å². The summed E-state index contributed by atoms with van der Waals surface area (Å²) in [4.78, 5) is 11.1. The fourth-order valence-electron chi connectivity index (χ4n) is 1.99. The van der Waals surface area contributed by atoms with Gasteiger partial charge in [0.2, 0.25) is 0 Å². The SMILES string of the molecule is COc1cc(C(=O)O)cc(-c2cc(F)ccc2F)c1OC. The third-order valence-electron chi connectivity index (χ3n) is 2.94. The van der Waals surface area contributed by atoms with Crippen LogP contribution in [0.2, 0.25) is 0 Å². The van der Waals surface area contributed by atoms with E-state index < -0.39 is 17.6 Å². The van der Waals surface area contributed by atoms with Crippen molar-refractivity contribution in [2.75, 3.05) is 14.2 Å². The van der Waals surface area contributed by atoms with Crippen LogP contribution in [0.15, 0.2) is 30.3 Å². The van der Waals surface area contributed by atoms with E-state index in [4.69, 9.17) is 14.6 Å². The number of methoxy groups -OCH3 is 2. The lowest BCUT2D eigenvalue weighted by atomic mass is 10.0. The first-order valence-corrected chi connectivity index (χ1v) is 5.92. The molecule has 0 fully saturated rings. The molecule has 1 N–H and O–H groups in total. The van der Waals surface area contributed by atoms with Crippen LogP contribution in [0.5, 0.6) is 11.5 Å². The van der Waals surface area contributed by atoms with Crippen LogP contribution in [0.3, 0.4) is 0 Å². The molecule has 110 valence electrons. The summed E-state index contributed by atoms with van der Waals surface area (Å²) >= 11 is 0. The summed E-state index contributed by atoms with van der Waals surface area (Å²) in [6.07, 6.45) is 0. The Labute approximate surface area is 119 Å². The van der Waals surface area contributed by atoms with Crippen LogP contribution in [-0.4, -0.2) is 25.3 Å². The number of hydrogen-bond acceptors (Lipinski definition) is 3. The Morgan fingerprint density at radius 2 is 1.76 bits per heavy atom. The molecular formula is C15H12F2O4. The average molecular weight is 294 g/mol. The quantitative estimate of drug-likeness (QED) is 0.939. The van der Waals surface area contributed by atoms with E-state index in [0.717, 1.165) is 18.2 Å². The van der Waals surface area contributed by atoms with Crippen molar-refractivity contribution in [2.45, 2.75) is 0 Å². The zero-order valence-electron chi connectivity index (χ0n) is 11.3. The minimum Gasteiger partial charge on any atom is -0.493 e. The van der Waals surface area contributed by atoms with Crippen LogP contribution in [0.25, 0.3) is 11.1 Å². The van der Waals surface area contributed by atoms with Crippen LogP contribution >= 0.6 is 0 Å². The Kier molecular flexibility index (Phi) is 4.07. The highest BCUT2D eigenvalue weighted by Gasteiger charge is 2.19. The number of hydrogen-bond donors (Lipinski definition) is 1. The number of rotatable bonds is 4. The molecule has 4 nitrogen and oxygen atoms in total. The topological polar surface area (TPSA) is 55.8 Å². The molecule has 0 aromatic heterocycles. The number of aromatic carboxylic acids is 1. The Bertz CT molecular complexity index is 698. The summed E-state index contributed by atoms with van der Waals surface area (Å²) in [6.45, 7) is 0. The van der Waals surface area contributed by atoms with E-state index in [-0.39, 0.29) is 28.2 Å². The molecular weight excluding hydrogens is 282 g/mol. The summed E-state index contributed by atoms with van der Waals surface area (Å²) in [5.41, 5.74) is -0.120. The van der Waals surface area contributed by atoms with Gasteiger partial charge in [-0.25, -0.2) is 13.6 Å². The molecule has 0 radical (unpaired) electrons. The van der Waals surface area contributed by atoms with E-state index in [1.807, 2.05) is 0 Å². The summed E-state index contributed by atoms with van der Waals surface area (Å²) in [6, 6.07) is 5.37.